The lowest BCUT2D eigenvalue weighted by molar-refractivity contribution is -0.139. The fraction of sp³-hybridized carbons (Fsp3) is 0.231. The number of carboxylic acid groups (broad SMARTS) is 1. The van der Waals surface area contributed by atoms with E-state index in [1.165, 1.54) is 18.2 Å². The smallest absolute Gasteiger partial charge is 0.321 e. The van der Waals surface area contributed by atoms with E-state index in [2.05, 4.69) is 26.0 Å². The van der Waals surface area contributed by atoms with Gasteiger partial charge in [-0.25, -0.2) is 8.42 Å². The van der Waals surface area contributed by atoms with Gasteiger partial charge >= 0.3 is 5.97 Å². The molecule has 0 spiro atoms. The number of carbonyl (C=O) groups is 2. The molecule has 3 N–H and O–H groups in total. The highest BCUT2D eigenvalue weighted by molar-refractivity contribution is 9.10. The van der Waals surface area contributed by atoms with Crippen molar-refractivity contribution >= 4 is 61.0 Å². The van der Waals surface area contributed by atoms with Crippen LogP contribution < -0.4 is 14.8 Å². The lowest BCUT2D eigenvalue weighted by Crippen LogP contribution is -2.40. The third kappa shape index (κ3) is 8.99. The van der Waals surface area contributed by atoms with Crippen molar-refractivity contribution in [3.63, 3.8) is 0 Å². The third-order valence-corrected chi connectivity index (χ3v) is 7.98. The van der Waals surface area contributed by atoms with Gasteiger partial charge in [0.15, 0.2) is 6.61 Å². The molecule has 0 aliphatic heterocycles. The molecule has 0 aromatic heterocycles. The number of carbonyl (C=O) groups excluding carboxylic acids is 1. The second kappa shape index (κ2) is 14.0. The van der Waals surface area contributed by atoms with E-state index in [9.17, 15) is 23.1 Å². The average Bonchev–Trinajstić information content (AvgIpc) is 2.87. The maximum Gasteiger partial charge on any atom is 0.321 e. The maximum atomic E-state index is 12.8. The van der Waals surface area contributed by atoms with E-state index in [1.807, 2.05) is 24.3 Å². The summed E-state index contributed by atoms with van der Waals surface area (Å²) < 4.78 is 34.1. The van der Waals surface area contributed by atoms with Gasteiger partial charge in [-0.05, 0) is 72.9 Å². The zero-order chi connectivity index (χ0) is 27.7. The first-order chi connectivity index (χ1) is 18.0. The Balaban J connectivity index is 1.45. The van der Waals surface area contributed by atoms with Gasteiger partial charge in [-0.2, -0.15) is 4.72 Å². The Morgan fingerprint density at radius 1 is 0.947 bits per heavy atom. The summed E-state index contributed by atoms with van der Waals surface area (Å²) in [6, 6.07) is 17.1. The number of sulfonamides is 1. The van der Waals surface area contributed by atoms with Gasteiger partial charge in [-0.15, -0.1) is 0 Å². The molecule has 0 heterocycles. The largest absolute Gasteiger partial charge is 0.482 e. The molecule has 0 saturated carbocycles. The predicted molar refractivity (Wildman–Crippen MR) is 150 cm³/mol. The highest BCUT2D eigenvalue weighted by Crippen LogP contribution is 2.27. The van der Waals surface area contributed by atoms with Crippen molar-refractivity contribution in [2.45, 2.75) is 30.2 Å². The molecule has 0 radical (unpaired) electrons. The number of hydrogen-bond donors (Lipinski definition) is 3. The summed E-state index contributed by atoms with van der Waals surface area (Å²) in [7, 11) is -4.05. The highest BCUT2D eigenvalue weighted by atomic mass is 79.9. The topological polar surface area (TPSA) is 122 Å². The summed E-state index contributed by atoms with van der Waals surface area (Å²) in [5.41, 5.74) is 1.75. The number of halogens is 3. The van der Waals surface area contributed by atoms with Gasteiger partial charge in [0, 0.05) is 16.0 Å². The molecule has 3 aromatic carbocycles. The summed E-state index contributed by atoms with van der Waals surface area (Å²) in [5, 5.41) is 12.9. The fourth-order valence-electron chi connectivity index (χ4n) is 3.44. The van der Waals surface area contributed by atoms with Crippen LogP contribution in [0.2, 0.25) is 10.0 Å². The van der Waals surface area contributed by atoms with E-state index in [1.54, 1.807) is 24.3 Å². The molecular formula is C26H25BrCl2N2O6S. The number of aliphatic carboxylic acids is 1. The van der Waals surface area contributed by atoms with E-state index in [-0.39, 0.29) is 35.4 Å². The second-order valence-electron chi connectivity index (χ2n) is 8.25. The van der Waals surface area contributed by atoms with Gasteiger partial charge in [-0.1, -0.05) is 63.4 Å². The Morgan fingerprint density at radius 2 is 1.58 bits per heavy atom. The second-order valence-corrected chi connectivity index (χ2v) is 11.7. The van der Waals surface area contributed by atoms with Crippen LogP contribution in [0.4, 0.5) is 0 Å². The van der Waals surface area contributed by atoms with Crippen LogP contribution in [-0.2, 0) is 19.6 Å². The van der Waals surface area contributed by atoms with Crippen LogP contribution >= 0.6 is 39.1 Å². The first-order valence-corrected chi connectivity index (χ1v) is 14.5. The number of benzene rings is 3. The number of amides is 1. The molecule has 1 unspecified atom stereocenters. The molecule has 0 aliphatic rings. The summed E-state index contributed by atoms with van der Waals surface area (Å²) in [4.78, 5) is 23.6. The minimum Gasteiger partial charge on any atom is -0.482 e. The van der Waals surface area contributed by atoms with Crippen molar-refractivity contribution in [1.82, 2.24) is 10.0 Å². The summed E-state index contributed by atoms with van der Waals surface area (Å²) in [6.07, 6.45) is 0.866. The Kier molecular flexibility index (Phi) is 11.0. The van der Waals surface area contributed by atoms with Crippen LogP contribution in [0.1, 0.15) is 19.3 Å². The first kappa shape index (κ1) is 29.9. The standard InChI is InChI=1S/C26H25BrCl2N2O6S/c27-19-8-4-17(5-9-19)18-6-11-21(12-7-18)38(35,36)31-23(26(33)34)3-1-2-14-30-25(32)16-37-24-13-10-20(28)15-22(24)29/h4-13,15,23,31H,1-3,14,16H2,(H,30,32)(H,33,34). The molecule has 3 aromatic rings. The van der Waals surface area contributed by atoms with Crippen LogP contribution in [0.25, 0.3) is 11.1 Å². The SMILES string of the molecule is O=C(COc1ccc(Cl)cc1Cl)NCCCCC(NS(=O)(=O)c1ccc(-c2ccc(Br)cc2)cc1)C(=O)O. The third-order valence-electron chi connectivity index (χ3n) is 5.43. The van der Waals surface area contributed by atoms with E-state index in [0.717, 1.165) is 15.6 Å². The van der Waals surface area contributed by atoms with E-state index < -0.39 is 22.0 Å². The van der Waals surface area contributed by atoms with Gasteiger partial charge in [0.2, 0.25) is 10.0 Å². The van der Waals surface area contributed by atoms with Crippen LogP contribution in [0.5, 0.6) is 5.75 Å². The lowest BCUT2D eigenvalue weighted by Gasteiger charge is -2.15. The van der Waals surface area contributed by atoms with Gasteiger partial charge < -0.3 is 15.2 Å². The Hall–Kier alpha value is -2.63. The zero-order valence-corrected chi connectivity index (χ0v) is 23.9. The molecule has 8 nitrogen and oxygen atoms in total. The van der Waals surface area contributed by atoms with Gasteiger partial charge in [-0.3, -0.25) is 9.59 Å². The average molecular weight is 644 g/mol. The Bertz CT molecular complexity index is 1370. The quantitative estimate of drug-likeness (QED) is 0.211. The molecule has 0 saturated heterocycles. The Morgan fingerprint density at radius 3 is 2.18 bits per heavy atom. The van der Waals surface area contributed by atoms with Crippen molar-refractivity contribution < 1.29 is 27.9 Å². The fourth-order valence-corrected chi connectivity index (χ4v) is 5.40. The molecule has 0 bridgehead atoms. The van der Waals surface area contributed by atoms with Crippen molar-refractivity contribution in [3.8, 4) is 16.9 Å². The molecule has 0 aliphatic carbocycles. The molecule has 1 atom stereocenters. The van der Waals surface area contributed by atoms with Crippen molar-refractivity contribution in [3.05, 3.63) is 81.2 Å². The summed E-state index contributed by atoms with van der Waals surface area (Å²) in [5.74, 6) is -1.33. The monoisotopic (exact) mass is 642 g/mol. The van der Waals surface area contributed by atoms with Gasteiger partial charge in [0.25, 0.3) is 5.91 Å². The number of hydrogen-bond acceptors (Lipinski definition) is 5. The highest BCUT2D eigenvalue weighted by Gasteiger charge is 2.25. The number of ether oxygens (including phenoxy) is 1. The predicted octanol–water partition coefficient (Wildman–Crippen LogP) is 5.52. The maximum absolute atomic E-state index is 12.8. The van der Waals surface area contributed by atoms with E-state index in [0.29, 0.717) is 23.6 Å². The number of nitrogens with one attached hydrogen (secondary N) is 2. The number of unbranched alkanes of at least 4 members (excludes halogenated alkanes) is 1. The molecule has 0 fully saturated rings. The van der Waals surface area contributed by atoms with E-state index in [4.69, 9.17) is 27.9 Å². The normalized spacial score (nSPS) is 12.1. The summed E-state index contributed by atoms with van der Waals surface area (Å²) >= 11 is 15.2. The number of rotatable bonds is 13. The minimum absolute atomic E-state index is 0.0299. The Labute approximate surface area is 239 Å². The molecule has 12 heteroatoms. The summed E-state index contributed by atoms with van der Waals surface area (Å²) in [6.45, 7) is 0.0205. The molecule has 3 rings (SSSR count). The van der Waals surface area contributed by atoms with Crippen LogP contribution in [-0.4, -0.2) is 44.6 Å². The first-order valence-electron chi connectivity index (χ1n) is 11.5. The van der Waals surface area contributed by atoms with Crippen LogP contribution in [0, 0.1) is 0 Å². The van der Waals surface area contributed by atoms with Crippen molar-refractivity contribution in [2.24, 2.45) is 0 Å². The lowest BCUT2D eigenvalue weighted by atomic mass is 10.1. The molecular weight excluding hydrogens is 619 g/mol. The van der Waals surface area contributed by atoms with Gasteiger partial charge in [0.1, 0.15) is 11.8 Å². The van der Waals surface area contributed by atoms with Crippen molar-refractivity contribution in [2.75, 3.05) is 13.2 Å². The molecule has 202 valence electrons. The van der Waals surface area contributed by atoms with Crippen LogP contribution in [0.3, 0.4) is 0 Å². The zero-order valence-electron chi connectivity index (χ0n) is 20.0. The van der Waals surface area contributed by atoms with Gasteiger partial charge in [0.05, 0.1) is 9.92 Å². The van der Waals surface area contributed by atoms with Crippen molar-refractivity contribution in [1.29, 1.82) is 0 Å². The molecule has 1 amide bonds. The van der Waals surface area contributed by atoms with E-state index >= 15 is 0 Å². The number of carboxylic acids is 1. The molecule has 38 heavy (non-hydrogen) atoms. The van der Waals surface area contributed by atoms with Crippen LogP contribution in [0.15, 0.2) is 76.1 Å². The minimum atomic E-state index is -4.05.